The number of alkyl halides is 3. The largest absolute Gasteiger partial charge is 0.326 e. The Balaban J connectivity index is 2.02. The third-order valence-corrected chi connectivity index (χ3v) is 4.87. The molecule has 0 heterocycles. The van der Waals surface area contributed by atoms with E-state index in [-0.39, 0.29) is 30.0 Å². The van der Waals surface area contributed by atoms with Crippen LogP contribution in [0.25, 0.3) is 6.08 Å². The summed E-state index contributed by atoms with van der Waals surface area (Å²) in [6, 6.07) is 14.7. The van der Waals surface area contributed by atoms with Crippen LogP contribution in [0.2, 0.25) is 0 Å². The van der Waals surface area contributed by atoms with Crippen LogP contribution in [-0.2, 0) is 9.59 Å². The van der Waals surface area contributed by atoms with Crippen molar-refractivity contribution in [2.24, 2.45) is 5.92 Å². The Morgan fingerprint density at radius 2 is 1.76 bits per heavy atom. The monoisotopic (exact) mass is 454 g/mol. The van der Waals surface area contributed by atoms with Gasteiger partial charge in [0.15, 0.2) is 9.58 Å². The summed E-state index contributed by atoms with van der Waals surface area (Å²) in [7, 11) is 0. The average Bonchev–Trinajstić information content (AvgIpc) is 2.66. The molecule has 0 fully saturated rings. The van der Waals surface area contributed by atoms with Crippen LogP contribution in [0, 0.1) is 16.0 Å². The molecule has 0 bridgehead atoms. The van der Waals surface area contributed by atoms with Gasteiger partial charge in [0.2, 0.25) is 5.91 Å². The normalized spacial score (nSPS) is 12.5. The number of nitrogens with one attached hydrogen (secondary N) is 1. The van der Waals surface area contributed by atoms with Crippen molar-refractivity contribution in [3.05, 3.63) is 76.4 Å². The standard InChI is InChI=1S/C20H17Cl3N2O4/c21-20(22,23)15(11-18(26)10-9-14-5-2-1-3-6-14)12-19(27)24-16-7-4-8-17(13-16)25(28)29/h1-10,13,15H,11-12H2,(H,24,27). The Bertz CT molecular complexity index is 911. The fourth-order valence-electron chi connectivity index (χ4n) is 2.50. The summed E-state index contributed by atoms with van der Waals surface area (Å²) in [6.07, 6.45) is 2.62. The minimum Gasteiger partial charge on any atom is -0.326 e. The summed E-state index contributed by atoms with van der Waals surface area (Å²) in [6.45, 7) is 0. The third kappa shape index (κ3) is 7.85. The molecule has 0 saturated heterocycles. The molecule has 0 saturated carbocycles. The predicted molar refractivity (Wildman–Crippen MR) is 115 cm³/mol. The van der Waals surface area contributed by atoms with Gasteiger partial charge in [-0.1, -0.05) is 77.3 Å². The van der Waals surface area contributed by atoms with Crippen molar-refractivity contribution in [1.82, 2.24) is 0 Å². The molecule has 1 amide bonds. The highest BCUT2D eigenvalue weighted by Crippen LogP contribution is 2.39. The predicted octanol–water partition coefficient (Wildman–Crippen LogP) is 5.58. The van der Waals surface area contributed by atoms with E-state index in [4.69, 9.17) is 34.8 Å². The van der Waals surface area contributed by atoms with Crippen LogP contribution in [0.4, 0.5) is 11.4 Å². The lowest BCUT2D eigenvalue weighted by molar-refractivity contribution is -0.384. The second-order valence-corrected chi connectivity index (χ2v) is 8.58. The average molecular weight is 456 g/mol. The Morgan fingerprint density at radius 3 is 2.38 bits per heavy atom. The number of allylic oxidation sites excluding steroid dienone is 1. The van der Waals surface area contributed by atoms with Gasteiger partial charge in [-0.05, 0) is 17.7 Å². The number of nitro benzene ring substituents is 1. The number of non-ortho nitro benzene ring substituents is 1. The second-order valence-electron chi connectivity index (χ2n) is 6.21. The number of hydrogen-bond acceptors (Lipinski definition) is 4. The first-order valence-corrected chi connectivity index (χ1v) is 9.65. The Hall–Kier alpha value is -2.41. The summed E-state index contributed by atoms with van der Waals surface area (Å²) in [5.41, 5.74) is 0.916. The molecular weight excluding hydrogens is 439 g/mol. The van der Waals surface area contributed by atoms with Crippen LogP contribution in [0.5, 0.6) is 0 Å². The fourth-order valence-corrected chi connectivity index (χ4v) is 2.96. The van der Waals surface area contributed by atoms with Gasteiger partial charge in [-0.2, -0.15) is 0 Å². The maximum atomic E-state index is 12.3. The molecule has 0 aliphatic carbocycles. The smallest absolute Gasteiger partial charge is 0.271 e. The van der Waals surface area contributed by atoms with Gasteiger partial charge in [0.1, 0.15) is 0 Å². The minimum absolute atomic E-state index is 0.151. The van der Waals surface area contributed by atoms with Gasteiger partial charge >= 0.3 is 0 Å². The van der Waals surface area contributed by atoms with Gasteiger partial charge in [-0.25, -0.2) is 0 Å². The lowest BCUT2D eigenvalue weighted by Crippen LogP contribution is -2.27. The zero-order valence-corrected chi connectivity index (χ0v) is 17.3. The molecule has 152 valence electrons. The first-order chi connectivity index (χ1) is 13.6. The maximum absolute atomic E-state index is 12.3. The summed E-state index contributed by atoms with van der Waals surface area (Å²) >= 11 is 17.9. The molecular formula is C20H17Cl3N2O4. The molecule has 9 heteroatoms. The quantitative estimate of drug-likeness (QED) is 0.243. The number of anilines is 1. The van der Waals surface area contributed by atoms with E-state index >= 15 is 0 Å². The van der Waals surface area contributed by atoms with E-state index in [1.807, 2.05) is 30.3 Å². The highest BCUT2D eigenvalue weighted by molar-refractivity contribution is 6.67. The molecule has 2 aromatic carbocycles. The van der Waals surface area contributed by atoms with Gasteiger partial charge in [0.25, 0.3) is 5.69 Å². The van der Waals surface area contributed by atoms with Crippen molar-refractivity contribution < 1.29 is 14.5 Å². The summed E-state index contributed by atoms with van der Waals surface area (Å²) in [5, 5.41) is 13.4. The molecule has 0 radical (unpaired) electrons. The fraction of sp³-hybridized carbons (Fsp3) is 0.200. The molecule has 1 atom stereocenters. The lowest BCUT2D eigenvalue weighted by Gasteiger charge is -2.23. The second kappa shape index (κ2) is 10.4. The number of nitro groups is 1. The van der Waals surface area contributed by atoms with Crippen molar-refractivity contribution in [2.75, 3.05) is 5.32 Å². The van der Waals surface area contributed by atoms with Crippen LogP contribution < -0.4 is 5.32 Å². The topological polar surface area (TPSA) is 89.3 Å². The number of hydrogen-bond donors (Lipinski definition) is 1. The highest BCUT2D eigenvalue weighted by atomic mass is 35.6. The number of carbonyl (C=O) groups excluding carboxylic acids is 2. The number of halogens is 3. The molecule has 1 N–H and O–H groups in total. The molecule has 0 aliphatic rings. The van der Waals surface area contributed by atoms with Crippen LogP contribution in [0.1, 0.15) is 18.4 Å². The lowest BCUT2D eigenvalue weighted by atomic mass is 9.99. The highest BCUT2D eigenvalue weighted by Gasteiger charge is 2.35. The SMILES string of the molecule is O=C(C=Cc1ccccc1)CC(CC(=O)Nc1cccc([N+](=O)[O-])c1)C(Cl)(Cl)Cl. The zero-order chi connectivity index (χ0) is 21.4. The Kier molecular flexibility index (Phi) is 8.20. The van der Waals surface area contributed by atoms with Gasteiger partial charge in [0, 0.05) is 36.6 Å². The molecule has 0 aromatic heterocycles. The number of benzene rings is 2. The third-order valence-electron chi connectivity index (χ3n) is 3.94. The number of carbonyl (C=O) groups is 2. The summed E-state index contributed by atoms with van der Waals surface area (Å²) in [4.78, 5) is 34.8. The van der Waals surface area contributed by atoms with E-state index in [0.717, 1.165) is 5.56 Å². The first kappa shape index (κ1) is 22.9. The maximum Gasteiger partial charge on any atom is 0.271 e. The van der Waals surface area contributed by atoms with Gasteiger partial charge in [-0.15, -0.1) is 0 Å². The minimum atomic E-state index is -1.84. The number of ketones is 1. The van der Waals surface area contributed by atoms with E-state index in [9.17, 15) is 19.7 Å². The number of nitrogens with zero attached hydrogens (tertiary/aromatic N) is 1. The van der Waals surface area contributed by atoms with E-state index in [2.05, 4.69) is 5.32 Å². The van der Waals surface area contributed by atoms with E-state index < -0.39 is 20.5 Å². The zero-order valence-electron chi connectivity index (χ0n) is 15.1. The molecule has 1 unspecified atom stereocenters. The van der Waals surface area contributed by atoms with Gasteiger partial charge in [-0.3, -0.25) is 19.7 Å². The molecule has 2 aromatic rings. The molecule has 0 spiro atoms. The Labute approximate surface area is 182 Å². The Morgan fingerprint density at radius 1 is 1.07 bits per heavy atom. The first-order valence-electron chi connectivity index (χ1n) is 8.52. The van der Waals surface area contributed by atoms with Crippen LogP contribution >= 0.6 is 34.8 Å². The van der Waals surface area contributed by atoms with Crippen molar-refractivity contribution in [3.8, 4) is 0 Å². The van der Waals surface area contributed by atoms with Crippen molar-refractivity contribution in [2.45, 2.75) is 16.6 Å². The number of amides is 1. The van der Waals surface area contributed by atoms with Gasteiger partial charge < -0.3 is 5.32 Å². The van der Waals surface area contributed by atoms with Crippen molar-refractivity contribution >= 4 is 63.9 Å². The molecule has 29 heavy (non-hydrogen) atoms. The van der Waals surface area contributed by atoms with Crippen molar-refractivity contribution in [3.63, 3.8) is 0 Å². The van der Waals surface area contributed by atoms with E-state index in [1.165, 1.54) is 30.3 Å². The van der Waals surface area contributed by atoms with E-state index in [0.29, 0.717) is 0 Å². The van der Waals surface area contributed by atoms with Crippen LogP contribution in [-0.4, -0.2) is 20.4 Å². The van der Waals surface area contributed by atoms with Crippen LogP contribution in [0.3, 0.4) is 0 Å². The van der Waals surface area contributed by atoms with Gasteiger partial charge in [0.05, 0.1) is 4.92 Å². The van der Waals surface area contributed by atoms with Crippen molar-refractivity contribution in [1.29, 1.82) is 0 Å². The molecule has 6 nitrogen and oxygen atoms in total. The number of rotatable bonds is 8. The summed E-state index contributed by atoms with van der Waals surface area (Å²) in [5.74, 6) is -1.70. The summed E-state index contributed by atoms with van der Waals surface area (Å²) < 4.78 is -1.84. The van der Waals surface area contributed by atoms with Crippen LogP contribution in [0.15, 0.2) is 60.7 Å². The molecule has 2 rings (SSSR count). The molecule has 0 aliphatic heterocycles. The van der Waals surface area contributed by atoms with E-state index in [1.54, 1.807) is 6.08 Å².